The Bertz CT molecular complexity index is 917. The van der Waals surface area contributed by atoms with Crippen LogP contribution in [0.1, 0.15) is 24.4 Å². The quantitative estimate of drug-likeness (QED) is 0.719. The molecule has 2 aromatic rings. The fourth-order valence-electron chi connectivity index (χ4n) is 3.22. The lowest BCUT2D eigenvalue weighted by molar-refractivity contribution is 0.351. The summed E-state index contributed by atoms with van der Waals surface area (Å²) in [6.45, 7) is 0.421. The van der Waals surface area contributed by atoms with Crippen molar-refractivity contribution in [3.63, 3.8) is 0 Å². The number of hydrogen-bond donors (Lipinski definition) is 0. The first kappa shape index (κ1) is 19.3. The van der Waals surface area contributed by atoms with Crippen LogP contribution in [0.4, 0.5) is 0 Å². The molecule has 5 nitrogen and oxygen atoms in total. The van der Waals surface area contributed by atoms with Crippen LogP contribution in [0.15, 0.2) is 41.3 Å². The zero-order valence-corrected chi connectivity index (χ0v) is 16.7. The number of nitrogens with zero attached hydrogens (tertiary/aromatic N) is 1. The molecule has 0 radical (unpaired) electrons. The van der Waals surface area contributed by atoms with Gasteiger partial charge in [-0.2, -0.15) is 4.31 Å². The van der Waals surface area contributed by atoms with Crippen molar-refractivity contribution in [2.45, 2.75) is 23.8 Å². The van der Waals surface area contributed by atoms with Gasteiger partial charge in [0.2, 0.25) is 10.0 Å². The molecule has 0 unspecified atom stereocenters. The Labute approximate surface area is 163 Å². The summed E-state index contributed by atoms with van der Waals surface area (Å²) in [5.41, 5.74) is 0.849. The summed E-state index contributed by atoms with van der Waals surface area (Å²) >= 11 is 12.1. The summed E-state index contributed by atoms with van der Waals surface area (Å²) in [6.07, 6.45) is 1.48. The van der Waals surface area contributed by atoms with E-state index < -0.39 is 10.0 Å². The normalized spacial score (nSPS) is 18.1. The van der Waals surface area contributed by atoms with Gasteiger partial charge >= 0.3 is 0 Å². The highest BCUT2D eigenvalue weighted by Crippen LogP contribution is 2.41. The summed E-state index contributed by atoms with van der Waals surface area (Å²) in [5.74, 6) is 1.16. The van der Waals surface area contributed by atoms with E-state index in [2.05, 4.69) is 0 Å². The van der Waals surface area contributed by atoms with E-state index in [0.29, 0.717) is 29.5 Å². The molecule has 1 fully saturated rings. The van der Waals surface area contributed by atoms with Gasteiger partial charge in [0.25, 0.3) is 0 Å². The van der Waals surface area contributed by atoms with E-state index in [1.165, 1.54) is 16.4 Å². The molecule has 0 bridgehead atoms. The van der Waals surface area contributed by atoms with Gasteiger partial charge in [0, 0.05) is 11.6 Å². The van der Waals surface area contributed by atoms with Crippen LogP contribution >= 0.6 is 23.2 Å². The Kier molecular flexibility index (Phi) is 5.67. The monoisotopic (exact) mass is 415 g/mol. The predicted molar refractivity (Wildman–Crippen MR) is 102 cm³/mol. The third-order valence-corrected chi connectivity index (χ3v) is 7.10. The SMILES string of the molecule is COc1ccc([C@@H]2CCCN2S(=O)(=O)c2cc(Cl)ccc2Cl)cc1OC. The highest BCUT2D eigenvalue weighted by atomic mass is 35.5. The fraction of sp³-hybridized carbons (Fsp3) is 0.333. The Morgan fingerprint density at radius 1 is 1.04 bits per heavy atom. The van der Waals surface area contributed by atoms with E-state index in [1.807, 2.05) is 12.1 Å². The Morgan fingerprint density at radius 3 is 2.46 bits per heavy atom. The minimum absolute atomic E-state index is 0.0269. The lowest BCUT2D eigenvalue weighted by atomic mass is 10.0. The van der Waals surface area contributed by atoms with Crippen molar-refractivity contribution in [1.82, 2.24) is 4.31 Å². The van der Waals surface area contributed by atoms with Gasteiger partial charge in [0.15, 0.2) is 11.5 Å². The van der Waals surface area contributed by atoms with Gasteiger partial charge in [0.05, 0.1) is 25.3 Å². The van der Waals surface area contributed by atoms with Crippen LogP contribution < -0.4 is 9.47 Å². The van der Waals surface area contributed by atoms with E-state index in [4.69, 9.17) is 32.7 Å². The molecule has 8 heteroatoms. The number of rotatable bonds is 5. The zero-order chi connectivity index (χ0) is 18.9. The van der Waals surface area contributed by atoms with E-state index in [-0.39, 0.29) is 16.0 Å². The third kappa shape index (κ3) is 3.51. The fourth-order valence-corrected chi connectivity index (χ4v) is 5.64. The van der Waals surface area contributed by atoms with E-state index >= 15 is 0 Å². The molecule has 2 aromatic carbocycles. The van der Waals surface area contributed by atoms with Crippen molar-refractivity contribution >= 4 is 33.2 Å². The minimum Gasteiger partial charge on any atom is -0.493 e. The first-order valence-electron chi connectivity index (χ1n) is 8.07. The van der Waals surface area contributed by atoms with Crippen molar-refractivity contribution in [3.05, 3.63) is 52.0 Å². The van der Waals surface area contributed by atoms with Crippen molar-refractivity contribution in [2.24, 2.45) is 0 Å². The number of methoxy groups -OCH3 is 2. The lowest BCUT2D eigenvalue weighted by Crippen LogP contribution is -2.31. The number of sulfonamides is 1. The first-order valence-corrected chi connectivity index (χ1v) is 10.3. The summed E-state index contributed by atoms with van der Waals surface area (Å²) in [4.78, 5) is 0.0269. The summed E-state index contributed by atoms with van der Waals surface area (Å²) in [5, 5.41) is 0.488. The topological polar surface area (TPSA) is 55.8 Å². The second kappa shape index (κ2) is 7.64. The van der Waals surface area contributed by atoms with Crippen molar-refractivity contribution in [3.8, 4) is 11.5 Å². The van der Waals surface area contributed by atoms with Crippen molar-refractivity contribution in [2.75, 3.05) is 20.8 Å². The molecular formula is C18H19Cl2NO4S. The Morgan fingerprint density at radius 2 is 1.77 bits per heavy atom. The molecule has 0 aliphatic carbocycles. The van der Waals surface area contributed by atoms with Gasteiger partial charge in [0.1, 0.15) is 4.90 Å². The molecule has 1 saturated heterocycles. The lowest BCUT2D eigenvalue weighted by Gasteiger charge is -2.25. The average molecular weight is 416 g/mol. The molecule has 0 amide bonds. The van der Waals surface area contributed by atoms with Gasteiger partial charge in [-0.3, -0.25) is 0 Å². The van der Waals surface area contributed by atoms with Crippen LogP contribution in [0.5, 0.6) is 11.5 Å². The summed E-state index contributed by atoms with van der Waals surface area (Å²) in [7, 11) is -0.667. The first-order chi connectivity index (χ1) is 12.4. The molecule has 1 aliphatic heterocycles. The highest BCUT2D eigenvalue weighted by Gasteiger charge is 2.37. The van der Waals surface area contributed by atoms with Crippen LogP contribution in [0.25, 0.3) is 0 Å². The maximum atomic E-state index is 13.2. The molecule has 140 valence electrons. The number of ether oxygens (including phenoxy) is 2. The van der Waals surface area contributed by atoms with Gasteiger partial charge in [-0.1, -0.05) is 29.3 Å². The molecule has 0 aromatic heterocycles. The van der Waals surface area contributed by atoms with Gasteiger partial charge in [-0.15, -0.1) is 0 Å². The van der Waals surface area contributed by atoms with E-state index in [9.17, 15) is 8.42 Å². The van der Waals surface area contributed by atoms with Gasteiger partial charge in [-0.25, -0.2) is 8.42 Å². The van der Waals surface area contributed by atoms with E-state index in [0.717, 1.165) is 12.0 Å². The second-order valence-corrected chi connectivity index (χ2v) is 8.67. The maximum Gasteiger partial charge on any atom is 0.245 e. The zero-order valence-electron chi connectivity index (χ0n) is 14.4. The van der Waals surface area contributed by atoms with Gasteiger partial charge < -0.3 is 9.47 Å². The number of halogens is 2. The smallest absolute Gasteiger partial charge is 0.245 e. The van der Waals surface area contributed by atoms with Crippen molar-refractivity contribution in [1.29, 1.82) is 0 Å². The second-order valence-electron chi connectivity index (χ2n) is 5.96. The summed E-state index contributed by atoms with van der Waals surface area (Å²) < 4.78 is 38.5. The Balaban J connectivity index is 2.01. The maximum absolute atomic E-state index is 13.2. The molecule has 1 heterocycles. The Hall–Kier alpha value is -1.47. The predicted octanol–water partition coefficient (Wildman–Crippen LogP) is 4.54. The molecule has 0 saturated carbocycles. The van der Waals surface area contributed by atoms with E-state index in [1.54, 1.807) is 26.4 Å². The summed E-state index contributed by atoms with van der Waals surface area (Å²) in [6, 6.07) is 9.62. The highest BCUT2D eigenvalue weighted by molar-refractivity contribution is 7.89. The van der Waals surface area contributed by atoms with Crippen LogP contribution in [0.2, 0.25) is 10.0 Å². The third-order valence-electron chi connectivity index (χ3n) is 4.48. The van der Waals surface area contributed by atoms with Crippen LogP contribution in [-0.2, 0) is 10.0 Å². The molecule has 26 heavy (non-hydrogen) atoms. The standard InChI is InChI=1S/C18H19Cl2NO4S/c1-24-16-8-5-12(10-17(16)25-2)15-4-3-9-21(15)26(22,23)18-11-13(19)6-7-14(18)20/h5-8,10-11,15H,3-4,9H2,1-2H3/t15-/m0/s1. The van der Waals surface area contributed by atoms with Gasteiger partial charge in [-0.05, 0) is 48.7 Å². The van der Waals surface area contributed by atoms with Crippen LogP contribution in [0, 0.1) is 0 Å². The molecule has 1 aliphatic rings. The molecule has 0 spiro atoms. The molecule has 0 N–H and O–H groups in total. The van der Waals surface area contributed by atoms with Crippen molar-refractivity contribution < 1.29 is 17.9 Å². The number of hydrogen-bond acceptors (Lipinski definition) is 4. The average Bonchev–Trinajstić information content (AvgIpc) is 3.13. The molecule has 3 rings (SSSR count). The largest absolute Gasteiger partial charge is 0.493 e. The van der Waals surface area contributed by atoms with Crippen LogP contribution in [-0.4, -0.2) is 33.5 Å². The molecule has 1 atom stereocenters. The number of benzene rings is 2. The van der Waals surface area contributed by atoms with Crippen LogP contribution in [0.3, 0.4) is 0 Å². The molecular weight excluding hydrogens is 397 g/mol. The minimum atomic E-state index is -3.78.